The molecule has 32 heavy (non-hydrogen) atoms. The van der Waals surface area contributed by atoms with Gasteiger partial charge in [0.05, 0.1) is 6.61 Å². The second-order valence-electron chi connectivity index (χ2n) is 7.42. The number of hydrogen-bond acceptors (Lipinski definition) is 8. The van der Waals surface area contributed by atoms with Crippen molar-refractivity contribution >= 4 is 12.0 Å². The quantitative estimate of drug-likeness (QED) is 0.310. The number of carbonyl (C=O) groups is 1. The highest BCUT2D eigenvalue weighted by atomic mass is 16.7. The number of ether oxygens (including phenoxy) is 2. The highest BCUT2D eigenvalue weighted by Gasteiger charge is 2.44. The molecule has 2 aromatic carbocycles. The molecule has 3 rings (SSSR count). The topological polar surface area (TPSA) is 149 Å². The Morgan fingerprint density at radius 3 is 2.34 bits per heavy atom. The molecule has 0 unspecified atom stereocenters. The first-order chi connectivity index (χ1) is 15.4. The first kappa shape index (κ1) is 23.7. The summed E-state index contributed by atoms with van der Waals surface area (Å²) < 4.78 is 10.8. The minimum absolute atomic E-state index is 0.199. The molecule has 0 bridgehead atoms. The number of nitrogens with one attached hydrogen (secondary N) is 1. The predicted octanol–water partition coefficient (Wildman–Crippen LogP) is -0.0570. The Morgan fingerprint density at radius 2 is 1.69 bits per heavy atom. The summed E-state index contributed by atoms with van der Waals surface area (Å²) in [6.07, 6.45) is -3.07. The van der Waals surface area contributed by atoms with Gasteiger partial charge in [0.15, 0.2) is 0 Å². The Kier molecular flexibility index (Phi) is 8.20. The molecule has 0 saturated carbocycles. The monoisotopic (exact) mass is 445 g/mol. The molecule has 1 heterocycles. The van der Waals surface area contributed by atoms with Crippen LogP contribution in [0.15, 0.2) is 54.6 Å². The first-order valence-electron chi connectivity index (χ1n) is 10.2. The van der Waals surface area contributed by atoms with Gasteiger partial charge in [-0.25, -0.2) is 0 Å². The Labute approximate surface area is 185 Å². The SMILES string of the molecule is O=C(/C=C/c1ccc(O[C@@H]2O[C@H](CO)[C@@H](O)[C@H](O)[C@H]2O)cc1)NCCc1ccc(O)cc1. The summed E-state index contributed by atoms with van der Waals surface area (Å²) >= 11 is 0. The van der Waals surface area contributed by atoms with Gasteiger partial charge < -0.3 is 40.3 Å². The van der Waals surface area contributed by atoms with Crippen LogP contribution >= 0.6 is 0 Å². The molecule has 1 fully saturated rings. The highest BCUT2D eigenvalue weighted by Crippen LogP contribution is 2.24. The summed E-state index contributed by atoms with van der Waals surface area (Å²) in [4.78, 5) is 12.0. The van der Waals surface area contributed by atoms with Crippen LogP contribution in [0.3, 0.4) is 0 Å². The summed E-state index contributed by atoms with van der Waals surface area (Å²) in [5.41, 5.74) is 1.74. The van der Waals surface area contributed by atoms with E-state index in [1.165, 1.54) is 6.08 Å². The molecule has 0 spiro atoms. The van der Waals surface area contributed by atoms with Crippen molar-refractivity contribution in [3.63, 3.8) is 0 Å². The molecular formula is C23H27NO8. The zero-order valence-corrected chi connectivity index (χ0v) is 17.2. The molecule has 5 atom stereocenters. The molecule has 1 aliphatic heterocycles. The third-order valence-corrected chi connectivity index (χ3v) is 5.06. The van der Waals surface area contributed by atoms with E-state index in [-0.39, 0.29) is 11.7 Å². The van der Waals surface area contributed by atoms with E-state index in [9.17, 15) is 30.3 Å². The molecule has 0 radical (unpaired) electrons. The van der Waals surface area contributed by atoms with Crippen LogP contribution in [0.1, 0.15) is 11.1 Å². The lowest BCUT2D eigenvalue weighted by Crippen LogP contribution is -2.60. The van der Waals surface area contributed by atoms with E-state index in [2.05, 4.69) is 5.32 Å². The van der Waals surface area contributed by atoms with E-state index in [1.54, 1.807) is 54.6 Å². The summed E-state index contributed by atoms with van der Waals surface area (Å²) in [6, 6.07) is 13.4. The Morgan fingerprint density at radius 1 is 1.00 bits per heavy atom. The highest BCUT2D eigenvalue weighted by molar-refractivity contribution is 5.91. The van der Waals surface area contributed by atoms with E-state index in [4.69, 9.17) is 9.47 Å². The van der Waals surface area contributed by atoms with Crippen LogP contribution < -0.4 is 10.1 Å². The van der Waals surface area contributed by atoms with Gasteiger partial charge in [-0.3, -0.25) is 4.79 Å². The van der Waals surface area contributed by atoms with E-state index in [0.717, 1.165) is 11.1 Å². The number of aliphatic hydroxyl groups is 4. The molecule has 6 N–H and O–H groups in total. The minimum atomic E-state index is -1.51. The van der Waals surface area contributed by atoms with Crippen LogP contribution in [0.5, 0.6) is 11.5 Å². The van der Waals surface area contributed by atoms with Crippen LogP contribution in [-0.4, -0.2) is 75.3 Å². The number of phenols is 1. The van der Waals surface area contributed by atoms with Crippen molar-refractivity contribution in [2.75, 3.05) is 13.2 Å². The van der Waals surface area contributed by atoms with Gasteiger partial charge in [0, 0.05) is 12.6 Å². The summed E-state index contributed by atoms with van der Waals surface area (Å²) in [7, 11) is 0. The third-order valence-electron chi connectivity index (χ3n) is 5.06. The number of aromatic hydroxyl groups is 1. The third kappa shape index (κ3) is 6.28. The lowest BCUT2D eigenvalue weighted by Gasteiger charge is -2.39. The molecule has 9 nitrogen and oxygen atoms in total. The summed E-state index contributed by atoms with van der Waals surface area (Å²) in [5, 5.41) is 50.9. The Hall–Kier alpha value is -2.95. The predicted molar refractivity (Wildman–Crippen MR) is 115 cm³/mol. The fourth-order valence-electron chi connectivity index (χ4n) is 3.18. The van der Waals surface area contributed by atoms with Crippen molar-refractivity contribution < 1.29 is 39.8 Å². The van der Waals surface area contributed by atoms with Gasteiger partial charge in [-0.2, -0.15) is 0 Å². The smallest absolute Gasteiger partial charge is 0.244 e. The lowest BCUT2D eigenvalue weighted by atomic mass is 9.99. The molecule has 1 amide bonds. The largest absolute Gasteiger partial charge is 0.508 e. The maximum atomic E-state index is 12.0. The van der Waals surface area contributed by atoms with E-state index in [1.807, 2.05) is 0 Å². The fourth-order valence-corrected chi connectivity index (χ4v) is 3.18. The van der Waals surface area contributed by atoms with Crippen LogP contribution in [0, 0.1) is 0 Å². The zero-order valence-electron chi connectivity index (χ0n) is 17.2. The van der Waals surface area contributed by atoms with Crippen molar-refractivity contribution in [2.24, 2.45) is 0 Å². The van der Waals surface area contributed by atoms with Crippen molar-refractivity contribution in [1.82, 2.24) is 5.32 Å². The number of benzene rings is 2. The molecule has 0 aromatic heterocycles. The van der Waals surface area contributed by atoms with Gasteiger partial charge in [-0.1, -0.05) is 24.3 Å². The maximum absolute atomic E-state index is 12.0. The Bertz CT molecular complexity index is 897. The average Bonchev–Trinajstić information content (AvgIpc) is 2.80. The summed E-state index contributed by atoms with van der Waals surface area (Å²) in [6.45, 7) is -0.0780. The molecule has 0 aliphatic carbocycles. The Balaban J connectivity index is 1.48. The van der Waals surface area contributed by atoms with Gasteiger partial charge >= 0.3 is 0 Å². The number of amides is 1. The fraction of sp³-hybridized carbons (Fsp3) is 0.348. The van der Waals surface area contributed by atoms with Gasteiger partial charge in [0.2, 0.25) is 12.2 Å². The maximum Gasteiger partial charge on any atom is 0.244 e. The van der Waals surface area contributed by atoms with Crippen LogP contribution in [0.25, 0.3) is 6.08 Å². The molecule has 2 aromatic rings. The molecule has 172 valence electrons. The average molecular weight is 445 g/mol. The van der Waals surface area contributed by atoms with Crippen LogP contribution in [0.4, 0.5) is 0 Å². The van der Waals surface area contributed by atoms with Crippen LogP contribution in [0.2, 0.25) is 0 Å². The van der Waals surface area contributed by atoms with Crippen molar-refractivity contribution in [1.29, 1.82) is 0 Å². The van der Waals surface area contributed by atoms with Crippen molar-refractivity contribution in [2.45, 2.75) is 37.1 Å². The van der Waals surface area contributed by atoms with Crippen molar-refractivity contribution in [3.8, 4) is 11.5 Å². The molecular weight excluding hydrogens is 418 g/mol. The number of hydrogen-bond donors (Lipinski definition) is 6. The van der Waals surface area contributed by atoms with Gasteiger partial charge in [0.25, 0.3) is 0 Å². The van der Waals surface area contributed by atoms with Crippen molar-refractivity contribution in [3.05, 3.63) is 65.7 Å². The number of rotatable bonds is 8. The second-order valence-corrected chi connectivity index (χ2v) is 7.42. The van der Waals surface area contributed by atoms with Gasteiger partial charge in [0.1, 0.15) is 35.9 Å². The van der Waals surface area contributed by atoms with Crippen LogP contribution in [-0.2, 0) is 16.0 Å². The standard InChI is InChI=1S/C23H27NO8/c25-13-18-20(28)21(29)22(30)23(32-18)31-17-8-3-14(4-9-17)5-10-19(27)24-12-11-15-1-6-16(26)7-2-15/h1-10,18,20-23,25-26,28-30H,11-13H2,(H,24,27)/b10-5+/t18-,20-,21+,22-,23-/m1/s1. The van der Waals surface area contributed by atoms with E-state index >= 15 is 0 Å². The zero-order chi connectivity index (χ0) is 23.1. The summed E-state index contributed by atoms with van der Waals surface area (Å²) in [5.74, 6) is 0.292. The molecule has 9 heteroatoms. The first-order valence-corrected chi connectivity index (χ1v) is 10.2. The molecule has 1 aliphatic rings. The lowest BCUT2D eigenvalue weighted by molar-refractivity contribution is -0.277. The van der Waals surface area contributed by atoms with Gasteiger partial charge in [-0.15, -0.1) is 0 Å². The van der Waals surface area contributed by atoms with E-state index in [0.29, 0.717) is 18.7 Å². The minimum Gasteiger partial charge on any atom is -0.508 e. The normalized spacial score (nSPS) is 25.6. The number of phenolic OH excluding ortho intramolecular Hbond substituents is 1. The van der Waals surface area contributed by atoms with E-state index < -0.39 is 37.3 Å². The number of carbonyl (C=O) groups excluding carboxylic acids is 1. The van der Waals surface area contributed by atoms with Gasteiger partial charge in [-0.05, 0) is 47.9 Å². The second kappa shape index (κ2) is 11.1. The molecule has 1 saturated heterocycles. The number of aliphatic hydroxyl groups excluding tert-OH is 4.